The van der Waals surface area contributed by atoms with Crippen LogP contribution in [0.2, 0.25) is 0 Å². The summed E-state index contributed by atoms with van der Waals surface area (Å²) in [6, 6.07) is 6.81. The standard InChI is InChI=1S/C29H41F3N4O4/c1-2-3-4-5-6-7-8-11-20-39-28-34-25(21-26(35-28)36-19-10-9-12-24(36)27(37)38)33-18-17-22-13-15-23(16-14-22)40-29(30,31)32/h13-16,21,24H,2-12,17-20H2,1H3,(H,37,38)(H,33,34,35)/p-1. The van der Waals surface area contributed by atoms with E-state index in [0.717, 1.165) is 37.7 Å². The van der Waals surface area contributed by atoms with E-state index >= 15 is 0 Å². The quantitative estimate of drug-likeness (QED) is 0.246. The number of nitrogens with zero attached hydrogens (tertiary/aromatic N) is 3. The van der Waals surface area contributed by atoms with Crippen LogP contribution in [0.15, 0.2) is 30.3 Å². The molecule has 1 aromatic carbocycles. The summed E-state index contributed by atoms with van der Waals surface area (Å²) in [6.45, 7) is 3.66. The second-order valence-electron chi connectivity index (χ2n) is 10.1. The largest absolute Gasteiger partial charge is 0.573 e. The molecule has 11 heteroatoms. The van der Waals surface area contributed by atoms with Crippen LogP contribution in [-0.2, 0) is 11.2 Å². The Kier molecular flexibility index (Phi) is 12.6. The van der Waals surface area contributed by atoms with E-state index in [0.29, 0.717) is 44.2 Å². The molecule has 0 spiro atoms. The lowest BCUT2D eigenvalue weighted by Crippen LogP contribution is -2.51. The van der Waals surface area contributed by atoms with Crippen LogP contribution in [0, 0.1) is 0 Å². The van der Waals surface area contributed by atoms with E-state index in [1.54, 1.807) is 23.1 Å². The van der Waals surface area contributed by atoms with Crippen LogP contribution in [-0.4, -0.2) is 48.0 Å². The number of hydrogen-bond donors (Lipinski definition) is 1. The number of alkyl halides is 3. The molecule has 222 valence electrons. The van der Waals surface area contributed by atoms with Crippen LogP contribution in [0.5, 0.6) is 11.8 Å². The number of carbonyl (C=O) groups is 1. The fraction of sp³-hybridized carbons (Fsp3) is 0.621. The number of hydrogen-bond acceptors (Lipinski definition) is 8. The number of aromatic nitrogens is 2. The SMILES string of the molecule is CCCCCCCCCCOc1nc(NCCc2ccc(OC(F)(F)F)cc2)cc(N2CCCCC2C(=O)[O-])n1. The summed E-state index contributed by atoms with van der Waals surface area (Å²) in [7, 11) is 0. The topological polar surface area (TPSA) is 99.6 Å². The molecule has 1 aliphatic rings. The zero-order valence-electron chi connectivity index (χ0n) is 23.2. The van der Waals surface area contributed by atoms with Crippen LogP contribution in [0.3, 0.4) is 0 Å². The highest BCUT2D eigenvalue weighted by molar-refractivity contribution is 5.76. The molecule has 1 unspecified atom stereocenters. The number of benzene rings is 1. The average molecular weight is 566 g/mol. The Morgan fingerprint density at radius 2 is 1.75 bits per heavy atom. The van der Waals surface area contributed by atoms with E-state index in [9.17, 15) is 23.1 Å². The van der Waals surface area contributed by atoms with E-state index in [4.69, 9.17) is 4.74 Å². The number of unbranched alkanes of at least 4 members (excludes halogenated alkanes) is 7. The Hall–Kier alpha value is -3.24. The average Bonchev–Trinajstić information content (AvgIpc) is 2.92. The summed E-state index contributed by atoms with van der Waals surface area (Å²) in [5.74, 6) is -0.458. The Morgan fingerprint density at radius 1 is 1.05 bits per heavy atom. The smallest absolute Gasteiger partial charge is 0.548 e. The third-order valence-electron chi connectivity index (χ3n) is 6.87. The summed E-state index contributed by atoms with van der Waals surface area (Å²) in [5, 5.41) is 15.0. The van der Waals surface area contributed by atoms with Crippen LogP contribution in [0.4, 0.5) is 24.8 Å². The van der Waals surface area contributed by atoms with Crippen molar-refractivity contribution >= 4 is 17.6 Å². The van der Waals surface area contributed by atoms with Crippen molar-refractivity contribution in [2.45, 2.75) is 96.4 Å². The van der Waals surface area contributed by atoms with E-state index < -0.39 is 18.4 Å². The molecule has 0 amide bonds. The second-order valence-corrected chi connectivity index (χ2v) is 10.1. The van der Waals surface area contributed by atoms with Gasteiger partial charge in [-0.3, -0.25) is 0 Å². The molecule has 1 aromatic heterocycles. The lowest BCUT2D eigenvalue weighted by atomic mass is 10.0. The number of piperidine rings is 1. The van der Waals surface area contributed by atoms with E-state index in [1.807, 2.05) is 0 Å². The van der Waals surface area contributed by atoms with Crippen LogP contribution in [0.25, 0.3) is 0 Å². The van der Waals surface area contributed by atoms with Gasteiger partial charge in [0.2, 0.25) is 0 Å². The summed E-state index contributed by atoms with van der Waals surface area (Å²) < 4.78 is 47.0. The van der Waals surface area contributed by atoms with Crippen LogP contribution < -0.4 is 24.8 Å². The lowest BCUT2D eigenvalue weighted by molar-refractivity contribution is -0.308. The molecule has 1 N–H and O–H groups in total. The molecule has 3 rings (SSSR count). The number of carboxylic acid groups (broad SMARTS) is 1. The van der Waals surface area contributed by atoms with Crippen molar-refractivity contribution in [2.75, 3.05) is 29.9 Å². The molecule has 0 aliphatic carbocycles. The molecular formula is C29H40F3N4O4-. The van der Waals surface area contributed by atoms with Crippen molar-refractivity contribution in [1.82, 2.24) is 9.97 Å². The van der Waals surface area contributed by atoms with Crippen molar-refractivity contribution in [3.05, 3.63) is 35.9 Å². The Labute approximate surface area is 234 Å². The number of anilines is 2. The molecule has 0 bridgehead atoms. The number of halogens is 3. The molecule has 0 saturated carbocycles. The Bertz CT molecular complexity index is 1040. The molecule has 40 heavy (non-hydrogen) atoms. The highest BCUT2D eigenvalue weighted by Gasteiger charge is 2.31. The number of nitrogens with one attached hydrogen (secondary N) is 1. The minimum Gasteiger partial charge on any atom is -0.548 e. The van der Waals surface area contributed by atoms with Crippen LogP contribution >= 0.6 is 0 Å². The molecule has 2 aromatic rings. The van der Waals surface area contributed by atoms with Gasteiger partial charge in [0.1, 0.15) is 17.4 Å². The monoisotopic (exact) mass is 565 g/mol. The molecule has 2 heterocycles. The number of carbonyl (C=O) groups excluding carboxylic acids is 1. The van der Waals surface area contributed by atoms with Gasteiger partial charge in [-0.25, -0.2) is 0 Å². The van der Waals surface area contributed by atoms with Gasteiger partial charge in [0.15, 0.2) is 0 Å². The lowest BCUT2D eigenvalue weighted by Gasteiger charge is -2.37. The fourth-order valence-electron chi connectivity index (χ4n) is 4.76. The zero-order valence-corrected chi connectivity index (χ0v) is 23.2. The van der Waals surface area contributed by atoms with E-state index in [1.165, 1.54) is 44.2 Å². The van der Waals surface area contributed by atoms with E-state index in [-0.39, 0.29) is 11.8 Å². The van der Waals surface area contributed by atoms with Gasteiger partial charge in [-0.2, -0.15) is 9.97 Å². The van der Waals surface area contributed by atoms with Crippen LogP contribution in [0.1, 0.15) is 83.1 Å². The predicted molar refractivity (Wildman–Crippen MR) is 145 cm³/mol. The molecule has 1 aliphatic heterocycles. The first-order valence-electron chi connectivity index (χ1n) is 14.3. The van der Waals surface area contributed by atoms with Crippen molar-refractivity contribution in [3.63, 3.8) is 0 Å². The highest BCUT2D eigenvalue weighted by Crippen LogP contribution is 2.27. The number of rotatable bonds is 17. The third-order valence-corrected chi connectivity index (χ3v) is 6.87. The fourth-order valence-corrected chi connectivity index (χ4v) is 4.76. The molecule has 8 nitrogen and oxygen atoms in total. The van der Waals surface area contributed by atoms with Crippen molar-refractivity contribution in [2.24, 2.45) is 0 Å². The van der Waals surface area contributed by atoms with Gasteiger partial charge in [0.05, 0.1) is 18.6 Å². The highest BCUT2D eigenvalue weighted by atomic mass is 19.4. The summed E-state index contributed by atoms with van der Waals surface area (Å²) in [6.07, 6.45) is 7.30. The first-order valence-corrected chi connectivity index (χ1v) is 14.3. The normalized spacial score (nSPS) is 15.6. The van der Waals surface area contributed by atoms with Gasteiger partial charge < -0.3 is 29.6 Å². The Morgan fingerprint density at radius 3 is 2.42 bits per heavy atom. The van der Waals surface area contributed by atoms with Gasteiger partial charge in [0.25, 0.3) is 0 Å². The molecule has 0 radical (unpaired) electrons. The van der Waals surface area contributed by atoms with Crippen molar-refractivity contribution < 1.29 is 32.5 Å². The maximum atomic E-state index is 12.4. The minimum absolute atomic E-state index is 0.180. The van der Waals surface area contributed by atoms with Gasteiger partial charge in [0, 0.05) is 19.2 Å². The maximum absolute atomic E-state index is 12.4. The zero-order chi connectivity index (χ0) is 28.8. The maximum Gasteiger partial charge on any atom is 0.573 e. The van der Waals surface area contributed by atoms with E-state index in [2.05, 4.69) is 26.9 Å². The first kappa shape index (κ1) is 31.3. The number of aliphatic carboxylic acids is 1. The van der Waals surface area contributed by atoms with Crippen molar-refractivity contribution in [1.29, 1.82) is 0 Å². The molecule has 1 atom stereocenters. The molecule has 1 fully saturated rings. The van der Waals surface area contributed by atoms with Gasteiger partial charge in [-0.1, -0.05) is 64.0 Å². The van der Waals surface area contributed by atoms with Gasteiger partial charge in [-0.15, -0.1) is 13.2 Å². The van der Waals surface area contributed by atoms with Crippen molar-refractivity contribution in [3.8, 4) is 11.8 Å². The van der Waals surface area contributed by atoms with Gasteiger partial charge in [-0.05, 0) is 49.8 Å². The Balaban J connectivity index is 1.60. The minimum atomic E-state index is -4.73. The number of carboxylic acids is 1. The first-order chi connectivity index (χ1) is 19.2. The van der Waals surface area contributed by atoms with Gasteiger partial charge >= 0.3 is 12.4 Å². The predicted octanol–water partition coefficient (Wildman–Crippen LogP) is 5.66. The molecular weight excluding hydrogens is 525 g/mol. The summed E-state index contributed by atoms with van der Waals surface area (Å²) in [5.41, 5.74) is 0.815. The number of ether oxygens (including phenoxy) is 2. The second kappa shape index (κ2) is 16.1. The third kappa shape index (κ3) is 11.1. The summed E-state index contributed by atoms with van der Waals surface area (Å²) in [4.78, 5) is 22.5. The summed E-state index contributed by atoms with van der Waals surface area (Å²) >= 11 is 0. The molecule has 1 saturated heterocycles.